The Morgan fingerprint density at radius 2 is 1.90 bits per heavy atom. The zero-order valence-electron chi connectivity index (χ0n) is 10.9. The summed E-state index contributed by atoms with van der Waals surface area (Å²) >= 11 is 0. The van der Waals surface area contributed by atoms with Gasteiger partial charge in [-0.25, -0.2) is 0 Å². The number of hydrogen-bond donors (Lipinski definition) is 0. The normalized spacial score (nSPS) is 18.9. The van der Waals surface area contributed by atoms with Crippen LogP contribution < -0.4 is 4.90 Å². The quantitative estimate of drug-likeness (QED) is 0.851. The van der Waals surface area contributed by atoms with E-state index in [1.807, 2.05) is 19.1 Å². The van der Waals surface area contributed by atoms with Gasteiger partial charge >= 0.3 is 6.18 Å². The van der Waals surface area contributed by atoms with Crippen molar-refractivity contribution >= 4 is 11.6 Å². The second-order valence-corrected chi connectivity index (χ2v) is 4.40. The summed E-state index contributed by atoms with van der Waals surface area (Å²) < 4.78 is 41.3. The number of benzene rings is 1. The van der Waals surface area contributed by atoms with Crippen LogP contribution in [0.15, 0.2) is 36.4 Å². The van der Waals surface area contributed by atoms with E-state index in [4.69, 9.17) is 4.74 Å². The first-order valence-electron chi connectivity index (χ1n) is 6.19. The molecule has 0 saturated heterocycles. The molecule has 1 aliphatic heterocycles. The van der Waals surface area contributed by atoms with Gasteiger partial charge in [-0.05, 0) is 30.2 Å². The van der Waals surface area contributed by atoms with E-state index in [-0.39, 0.29) is 5.91 Å². The molecule has 0 spiro atoms. The molecule has 1 aromatic rings. The van der Waals surface area contributed by atoms with Gasteiger partial charge in [0.1, 0.15) is 6.61 Å². The molecule has 2 rings (SSSR count). The number of ether oxygens (including phenoxy) is 1. The Balaban J connectivity index is 2.12. The van der Waals surface area contributed by atoms with E-state index in [9.17, 15) is 18.0 Å². The number of rotatable bonds is 4. The lowest BCUT2D eigenvalue weighted by molar-refractivity contribution is -0.180. The first-order valence-corrected chi connectivity index (χ1v) is 6.19. The summed E-state index contributed by atoms with van der Waals surface area (Å²) in [5.41, 5.74) is 1.60. The molecule has 1 aliphatic rings. The van der Waals surface area contributed by atoms with Crippen LogP contribution in [0, 0.1) is 0 Å². The van der Waals surface area contributed by atoms with Crippen LogP contribution in [0.1, 0.15) is 12.5 Å². The molecule has 0 bridgehead atoms. The molecule has 0 radical (unpaired) electrons. The molecule has 20 heavy (non-hydrogen) atoms. The largest absolute Gasteiger partial charge is 0.411 e. The molecular formula is C14H14F3NO2. The van der Waals surface area contributed by atoms with Crippen LogP contribution >= 0.6 is 0 Å². The Bertz CT molecular complexity index is 508. The van der Waals surface area contributed by atoms with Crippen molar-refractivity contribution in [3.05, 3.63) is 42.0 Å². The summed E-state index contributed by atoms with van der Waals surface area (Å²) in [6, 6.07) is 7.07. The van der Waals surface area contributed by atoms with Gasteiger partial charge in [0.2, 0.25) is 0 Å². The standard InChI is InChI=1S/C14H14F3NO2/c1-2-10-3-5-11(6-4-10)18-12(19)7-8-13(18)20-9-14(15,16)17/h3-8,13H,2,9H2,1H3. The van der Waals surface area contributed by atoms with Gasteiger partial charge in [0.15, 0.2) is 6.23 Å². The molecule has 0 saturated carbocycles. The lowest BCUT2D eigenvalue weighted by Crippen LogP contribution is -2.37. The molecule has 3 nitrogen and oxygen atoms in total. The highest BCUT2D eigenvalue weighted by atomic mass is 19.4. The highest BCUT2D eigenvalue weighted by Crippen LogP contribution is 2.25. The van der Waals surface area contributed by atoms with Gasteiger partial charge < -0.3 is 4.74 Å². The molecule has 0 fully saturated rings. The predicted molar refractivity (Wildman–Crippen MR) is 68.2 cm³/mol. The zero-order valence-corrected chi connectivity index (χ0v) is 10.9. The SMILES string of the molecule is CCc1ccc(N2C(=O)C=CC2OCC(F)(F)F)cc1. The van der Waals surface area contributed by atoms with Crippen molar-refractivity contribution in [3.8, 4) is 0 Å². The molecule has 1 heterocycles. The molecular weight excluding hydrogens is 271 g/mol. The van der Waals surface area contributed by atoms with Gasteiger partial charge in [-0.3, -0.25) is 9.69 Å². The fourth-order valence-electron chi connectivity index (χ4n) is 1.93. The van der Waals surface area contributed by atoms with Crippen LogP contribution in [-0.4, -0.2) is 24.9 Å². The number of aryl methyl sites for hydroxylation is 1. The third kappa shape index (κ3) is 3.39. The third-order valence-corrected chi connectivity index (χ3v) is 2.94. The third-order valence-electron chi connectivity index (χ3n) is 2.94. The van der Waals surface area contributed by atoms with E-state index in [1.54, 1.807) is 12.1 Å². The van der Waals surface area contributed by atoms with Crippen molar-refractivity contribution < 1.29 is 22.7 Å². The van der Waals surface area contributed by atoms with E-state index < -0.39 is 19.0 Å². The molecule has 108 valence electrons. The Hall–Kier alpha value is -1.82. The van der Waals surface area contributed by atoms with Gasteiger partial charge in [-0.2, -0.15) is 13.2 Å². The Morgan fingerprint density at radius 1 is 1.25 bits per heavy atom. The van der Waals surface area contributed by atoms with Crippen molar-refractivity contribution in [1.29, 1.82) is 0 Å². The summed E-state index contributed by atoms with van der Waals surface area (Å²) in [6.45, 7) is 0.603. The second kappa shape index (κ2) is 5.66. The van der Waals surface area contributed by atoms with Crippen molar-refractivity contribution in [1.82, 2.24) is 0 Å². The highest BCUT2D eigenvalue weighted by molar-refractivity contribution is 6.04. The Morgan fingerprint density at radius 3 is 2.45 bits per heavy atom. The van der Waals surface area contributed by atoms with Gasteiger partial charge in [0.25, 0.3) is 5.91 Å². The Labute approximate surface area is 114 Å². The molecule has 1 aromatic carbocycles. The van der Waals surface area contributed by atoms with Gasteiger partial charge in [0.05, 0.1) is 0 Å². The number of hydrogen-bond acceptors (Lipinski definition) is 2. The summed E-state index contributed by atoms with van der Waals surface area (Å²) in [5, 5.41) is 0. The van der Waals surface area contributed by atoms with Crippen molar-refractivity contribution in [2.24, 2.45) is 0 Å². The first-order chi connectivity index (χ1) is 9.40. The monoisotopic (exact) mass is 285 g/mol. The van der Waals surface area contributed by atoms with Crippen molar-refractivity contribution in [2.75, 3.05) is 11.5 Å². The fourth-order valence-corrected chi connectivity index (χ4v) is 1.93. The molecule has 0 N–H and O–H groups in total. The molecule has 0 aliphatic carbocycles. The minimum absolute atomic E-state index is 0.388. The van der Waals surface area contributed by atoms with E-state index in [0.717, 1.165) is 12.0 Å². The average molecular weight is 285 g/mol. The van der Waals surface area contributed by atoms with Crippen LogP contribution in [-0.2, 0) is 16.0 Å². The molecule has 1 atom stereocenters. The number of amides is 1. The number of nitrogens with zero attached hydrogens (tertiary/aromatic N) is 1. The predicted octanol–water partition coefficient (Wildman–Crippen LogP) is 3.06. The average Bonchev–Trinajstić information content (AvgIpc) is 2.77. The summed E-state index contributed by atoms with van der Waals surface area (Å²) in [5.74, 6) is -0.388. The minimum Gasteiger partial charge on any atom is -0.345 e. The van der Waals surface area contributed by atoms with Crippen molar-refractivity contribution in [2.45, 2.75) is 25.7 Å². The number of carbonyl (C=O) groups excluding carboxylic acids is 1. The van der Waals surface area contributed by atoms with E-state index in [1.165, 1.54) is 17.1 Å². The zero-order chi connectivity index (χ0) is 14.8. The highest BCUT2D eigenvalue weighted by Gasteiger charge is 2.33. The molecule has 1 unspecified atom stereocenters. The fraction of sp³-hybridized carbons (Fsp3) is 0.357. The summed E-state index contributed by atoms with van der Waals surface area (Å²) in [6.07, 6.45) is -2.05. The molecule has 6 heteroatoms. The van der Waals surface area contributed by atoms with E-state index in [2.05, 4.69) is 0 Å². The van der Waals surface area contributed by atoms with Crippen LogP contribution in [0.5, 0.6) is 0 Å². The lowest BCUT2D eigenvalue weighted by atomic mass is 10.1. The number of halogens is 3. The maximum Gasteiger partial charge on any atom is 0.411 e. The van der Waals surface area contributed by atoms with Gasteiger partial charge in [0, 0.05) is 11.8 Å². The maximum absolute atomic E-state index is 12.2. The first kappa shape index (κ1) is 14.6. The molecule has 1 amide bonds. The summed E-state index contributed by atoms with van der Waals surface area (Å²) in [4.78, 5) is 12.9. The van der Waals surface area contributed by atoms with Crippen LogP contribution in [0.25, 0.3) is 0 Å². The van der Waals surface area contributed by atoms with Crippen LogP contribution in [0.3, 0.4) is 0 Å². The number of carbonyl (C=O) groups is 1. The van der Waals surface area contributed by atoms with Crippen molar-refractivity contribution in [3.63, 3.8) is 0 Å². The maximum atomic E-state index is 12.2. The molecule has 0 aromatic heterocycles. The number of alkyl halides is 3. The minimum atomic E-state index is -4.42. The Kier molecular flexibility index (Phi) is 4.13. The van der Waals surface area contributed by atoms with Crippen LogP contribution in [0.4, 0.5) is 18.9 Å². The van der Waals surface area contributed by atoms with E-state index >= 15 is 0 Å². The van der Waals surface area contributed by atoms with Crippen LogP contribution in [0.2, 0.25) is 0 Å². The topological polar surface area (TPSA) is 29.5 Å². The van der Waals surface area contributed by atoms with E-state index in [0.29, 0.717) is 5.69 Å². The van der Waals surface area contributed by atoms with Gasteiger partial charge in [-0.15, -0.1) is 0 Å². The number of anilines is 1. The summed E-state index contributed by atoms with van der Waals surface area (Å²) in [7, 11) is 0. The smallest absolute Gasteiger partial charge is 0.345 e. The van der Waals surface area contributed by atoms with Gasteiger partial charge in [-0.1, -0.05) is 19.1 Å². The second-order valence-electron chi connectivity index (χ2n) is 4.40. The lowest BCUT2D eigenvalue weighted by Gasteiger charge is -2.25.